The number of rotatable bonds is 3. The normalized spacial score (nSPS) is 11.0. The minimum absolute atomic E-state index is 0.0474. The number of sulfonamides is 1. The molecule has 0 saturated carbocycles. The van der Waals surface area contributed by atoms with Crippen molar-refractivity contribution in [2.75, 3.05) is 11.4 Å². The van der Waals surface area contributed by atoms with Gasteiger partial charge in [0.2, 0.25) is 0 Å². The monoisotopic (exact) mass is 324 g/mol. The Morgan fingerprint density at radius 1 is 1.24 bits per heavy atom. The second-order valence-electron chi connectivity index (χ2n) is 4.21. The van der Waals surface area contributed by atoms with Crippen LogP contribution in [0, 0.1) is 17.1 Å². The highest BCUT2D eigenvalue weighted by Crippen LogP contribution is 2.26. The summed E-state index contributed by atoms with van der Waals surface area (Å²) in [5.74, 6) is -0.535. The van der Waals surface area contributed by atoms with Crippen LogP contribution in [0.25, 0.3) is 0 Å². The van der Waals surface area contributed by atoms with E-state index in [4.69, 9.17) is 16.9 Å². The average Bonchev–Trinajstić information content (AvgIpc) is 2.46. The quantitative estimate of drug-likeness (QED) is 0.871. The molecule has 0 aliphatic heterocycles. The Morgan fingerprint density at radius 3 is 2.52 bits per heavy atom. The summed E-state index contributed by atoms with van der Waals surface area (Å²) in [6.45, 7) is 0. The lowest BCUT2D eigenvalue weighted by Crippen LogP contribution is -2.26. The molecule has 0 N–H and O–H groups in total. The van der Waals surface area contributed by atoms with E-state index in [2.05, 4.69) is 0 Å². The van der Waals surface area contributed by atoms with Crippen LogP contribution in [-0.2, 0) is 10.0 Å². The number of anilines is 1. The predicted octanol–water partition coefficient (Wildman–Crippen LogP) is 3.18. The Labute approximate surface area is 127 Å². The van der Waals surface area contributed by atoms with E-state index in [1.807, 2.05) is 6.07 Å². The van der Waals surface area contributed by atoms with E-state index < -0.39 is 15.8 Å². The topological polar surface area (TPSA) is 61.2 Å². The highest BCUT2D eigenvalue weighted by Gasteiger charge is 2.22. The van der Waals surface area contributed by atoms with Crippen molar-refractivity contribution in [2.45, 2.75) is 4.90 Å². The fraction of sp³-hybridized carbons (Fsp3) is 0.0714. The van der Waals surface area contributed by atoms with Gasteiger partial charge in [-0.2, -0.15) is 5.26 Å². The summed E-state index contributed by atoms with van der Waals surface area (Å²) in [6.07, 6.45) is 0. The lowest BCUT2D eigenvalue weighted by molar-refractivity contribution is 0.594. The van der Waals surface area contributed by atoms with Crippen molar-refractivity contribution in [3.8, 4) is 6.07 Å². The Bertz CT molecular complexity index is 831. The van der Waals surface area contributed by atoms with Gasteiger partial charge in [0.1, 0.15) is 11.9 Å². The Hall–Kier alpha value is -2.10. The molecule has 108 valence electrons. The van der Waals surface area contributed by atoms with Crippen molar-refractivity contribution in [1.82, 2.24) is 0 Å². The molecule has 7 heteroatoms. The molecule has 0 bridgehead atoms. The molecule has 2 rings (SSSR count). The zero-order valence-corrected chi connectivity index (χ0v) is 12.5. The molecule has 0 saturated heterocycles. The number of nitriles is 1. The van der Waals surface area contributed by atoms with Crippen LogP contribution < -0.4 is 4.31 Å². The van der Waals surface area contributed by atoms with E-state index in [1.54, 1.807) is 0 Å². The minimum Gasteiger partial charge on any atom is -0.269 e. The van der Waals surface area contributed by atoms with Gasteiger partial charge in [-0.1, -0.05) is 17.7 Å². The van der Waals surface area contributed by atoms with Crippen molar-refractivity contribution in [2.24, 2.45) is 0 Å². The second-order valence-corrected chi connectivity index (χ2v) is 6.58. The molecule has 0 heterocycles. The zero-order chi connectivity index (χ0) is 15.6. The van der Waals surface area contributed by atoms with Crippen LogP contribution >= 0.6 is 11.6 Å². The first kappa shape index (κ1) is 15.3. The van der Waals surface area contributed by atoms with E-state index in [1.165, 1.54) is 43.4 Å². The van der Waals surface area contributed by atoms with Crippen LogP contribution in [0.3, 0.4) is 0 Å². The van der Waals surface area contributed by atoms with Crippen molar-refractivity contribution in [3.63, 3.8) is 0 Å². The number of hydrogen-bond acceptors (Lipinski definition) is 3. The lowest BCUT2D eigenvalue weighted by atomic mass is 10.2. The first-order valence-corrected chi connectivity index (χ1v) is 7.62. The lowest BCUT2D eigenvalue weighted by Gasteiger charge is -2.19. The van der Waals surface area contributed by atoms with Gasteiger partial charge in [-0.05, 0) is 36.4 Å². The summed E-state index contributed by atoms with van der Waals surface area (Å²) in [4.78, 5) is -0.0711. The summed E-state index contributed by atoms with van der Waals surface area (Å²) >= 11 is 5.85. The molecule has 0 aliphatic rings. The molecule has 2 aromatic rings. The molecule has 0 unspecified atom stereocenters. The largest absolute Gasteiger partial charge is 0.269 e. The van der Waals surface area contributed by atoms with Crippen LogP contribution in [0.2, 0.25) is 5.02 Å². The van der Waals surface area contributed by atoms with Gasteiger partial charge in [-0.25, -0.2) is 12.8 Å². The van der Waals surface area contributed by atoms with E-state index in [-0.39, 0.29) is 21.2 Å². The Morgan fingerprint density at radius 2 is 1.95 bits per heavy atom. The Kier molecular flexibility index (Phi) is 4.16. The molecule has 0 atom stereocenters. The highest BCUT2D eigenvalue weighted by atomic mass is 35.5. The standard InChI is InChI=1S/C14H10ClFN2O2S/c1-18(12-4-2-3-11(16)7-12)21(19,20)13-6-5-10(9-17)14(15)8-13/h2-8H,1H3. The number of nitrogens with zero attached hydrogens (tertiary/aromatic N) is 2. The second kappa shape index (κ2) is 5.72. The highest BCUT2D eigenvalue weighted by molar-refractivity contribution is 7.92. The van der Waals surface area contributed by atoms with Crippen molar-refractivity contribution < 1.29 is 12.8 Å². The molecule has 4 nitrogen and oxygen atoms in total. The van der Waals surface area contributed by atoms with Gasteiger partial charge in [0.15, 0.2) is 0 Å². The van der Waals surface area contributed by atoms with Crippen molar-refractivity contribution in [1.29, 1.82) is 5.26 Å². The summed E-state index contributed by atoms with van der Waals surface area (Å²) in [5, 5.41) is 8.84. The first-order valence-electron chi connectivity index (χ1n) is 5.80. The zero-order valence-electron chi connectivity index (χ0n) is 10.9. The average molecular weight is 325 g/mol. The van der Waals surface area contributed by atoms with Crippen LogP contribution in [0.15, 0.2) is 47.4 Å². The third-order valence-corrected chi connectivity index (χ3v) is 4.99. The fourth-order valence-electron chi connectivity index (χ4n) is 1.72. The molecular formula is C14H10ClFN2O2S. The molecular weight excluding hydrogens is 315 g/mol. The fourth-order valence-corrected chi connectivity index (χ4v) is 3.22. The van der Waals surface area contributed by atoms with Crippen LogP contribution in [0.1, 0.15) is 5.56 Å². The van der Waals surface area contributed by atoms with Gasteiger partial charge in [-0.15, -0.1) is 0 Å². The SMILES string of the molecule is CN(c1cccc(F)c1)S(=O)(=O)c1ccc(C#N)c(Cl)c1. The number of benzene rings is 2. The molecule has 21 heavy (non-hydrogen) atoms. The molecule has 0 aromatic heterocycles. The summed E-state index contributed by atoms with van der Waals surface area (Å²) in [6, 6.07) is 10.9. The summed E-state index contributed by atoms with van der Waals surface area (Å²) in [5.41, 5.74) is 0.375. The third-order valence-electron chi connectivity index (χ3n) is 2.89. The van der Waals surface area contributed by atoms with Gasteiger partial charge >= 0.3 is 0 Å². The summed E-state index contributed by atoms with van der Waals surface area (Å²) < 4.78 is 39.1. The van der Waals surface area contributed by atoms with Gasteiger partial charge in [0.05, 0.1) is 21.2 Å². The number of halogens is 2. The van der Waals surface area contributed by atoms with E-state index in [0.29, 0.717) is 0 Å². The molecule has 2 aromatic carbocycles. The van der Waals surface area contributed by atoms with Crippen LogP contribution in [0.5, 0.6) is 0 Å². The molecule has 0 fully saturated rings. The molecule has 0 spiro atoms. The van der Waals surface area contributed by atoms with Crippen molar-refractivity contribution in [3.05, 3.63) is 58.9 Å². The van der Waals surface area contributed by atoms with Gasteiger partial charge in [0, 0.05) is 7.05 Å². The van der Waals surface area contributed by atoms with Gasteiger partial charge in [0.25, 0.3) is 10.0 Å². The minimum atomic E-state index is -3.88. The van der Waals surface area contributed by atoms with E-state index in [9.17, 15) is 12.8 Å². The van der Waals surface area contributed by atoms with E-state index in [0.717, 1.165) is 10.4 Å². The van der Waals surface area contributed by atoms with E-state index >= 15 is 0 Å². The van der Waals surface area contributed by atoms with Crippen LogP contribution in [-0.4, -0.2) is 15.5 Å². The van der Waals surface area contributed by atoms with Gasteiger partial charge in [-0.3, -0.25) is 4.31 Å². The molecule has 0 aliphatic carbocycles. The molecule has 0 amide bonds. The van der Waals surface area contributed by atoms with Crippen molar-refractivity contribution >= 4 is 27.3 Å². The predicted molar refractivity (Wildman–Crippen MR) is 78.2 cm³/mol. The maximum atomic E-state index is 13.2. The Balaban J connectivity index is 2.47. The maximum absolute atomic E-state index is 13.2. The van der Waals surface area contributed by atoms with Gasteiger partial charge < -0.3 is 0 Å². The van der Waals surface area contributed by atoms with Crippen LogP contribution in [0.4, 0.5) is 10.1 Å². The summed E-state index contributed by atoms with van der Waals surface area (Å²) in [7, 11) is -2.57. The smallest absolute Gasteiger partial charge is 0.264 e. The first-order chi connectivity index (χ1) is 9.86. The number of hydrogen-bond donors (Lipinski definition) is 0. The molecule has 0 radical (unpaired) electrons. The maximum Gasteiger partial charge on any atom is 0.264 e. The third kappa shape index (κ3) is 2.99.